The van der Waals surface area contributed by atoms with Gasteiger partial charge in [-0.15, -0.1) is 0 Å². The molecule has 0 bridgehead atoms. The third-order valence-corrected chi connectivity index (χ3v) is 5.18. The van der Waals surface area contributed by atoms with Gasteiger partial charge in [0.25, 0.3) is 0 Å². The van der Waals surface area contributed by atoms with Gasteiger partial charge in [0, 0.05) is 7.05 Å². The Morgan fingerprint density at radius 3 is 2.41 bits per heavy atom. The third kappa shape index (κ3) is 3.13. The molecule has 1 heterocycles. The summed E-state index contributed by atoms with van der Waals surface area (Å²) in [6.45, 7) is 1.52. The number of primary amides is 1. The average Bonchev–Trinajstić information content (AvgIpc) is 2.70. The molecule has 0 saturated carbocycles. The van der Waals surface area contributed by atoms with E-state index in [4.69, 9.17) is 17.3 Å². The normalized spacial score (nSPS) is 13.0. The Balaban J connectivity index is 2.44. The largest absolute Gasteiger partial charge is 0.368 e. The lowest BCUT2D eigenvalue weighted by Gasteiger charge is -2.16. The maximum atomic E-state index is 12.5. The Bertz CT molecular complexity index is 802. The number of hydrogen-bond acceptors (Lipinski definition) is 4. The van der Waals surface area contributed by atoms with Crippen molar-refractivity contribution < 1.29 is 13.2 Å². The average molecular weight is 343 g/mol. The maximum absolute atomic E-state index is 12.5. The highest BCUT2D eigenvalue weighted by Crippen LogP contribution is 2.26. The standard InChI is InChI=1S/C13H15ClN4O3S/c1-8-11(12(14)18(2)16-8)22(20,21)17-10(13(15)19)9-6-4-3-5-7-9/h3-7,10,17H,1-2H3,(H2,15,19)/t10-/m0/s1. The van der Waals surface area contributed by atoms with Gasteiger partial charge >= 0.3 is 0 Å². The molecule has 2 aromatic rings. The minimum atomic E-state index is -4.06. The van der Waals surface area contributed by atoms with Gasteiger partial charge in [-0.2, -0.15) is 9.82 Å². The molecular formula is C13H15ClN4O3S. The van der Waals surface area contributed by atoms with Gasteiger partial charge in [-0.3, -0.25) is 9.48 Å². The second-order valence-electron chi connectivity index (χ2n) is 4.70. The zero-order chi connectivity index (χ0) is 16.5. The summed E-state index contributed by atoms with van der Waals surface area (Å²) in [5, 5.41) is 3.91. The van der Waals surface area contributed by atoms with E-state index >= 15 is 0 Å². The fourth-order valence-corrected chi connectivity index (χ4v) is 4.01. The van der Waals surface area contributed by atoms with E-state index in [2.05, 4.69) is 9.82 Å². The number of carbonyl (C=O) groups is 1. The van der Waals surface area contributed by atoms with Crippen molar-refractivity contribution >= 4 is 27.5 Å². The first-order valence-electron chi connectivity index (χ1n) is 6.29. The first kappa shape index (κ1) is 16.5. The maximum Gasteiger partial charge on any atom is 0.246 e. The van der Waals surface area contributed by atoms with Crippen LogP contribution in [0.25, 0.3) is 0 Å². The molecule has 0 aliphatic rings. The van der Waals surface area contributed by atoms with E-state index in [1.807, 2.05) is 0 Å². The quantitative estimate of drug-likeness (QED) is 0.841. The third-order valence-electron chi connectivity index (χ3n) is 3.06. The fourth-order valence-electron chi connectivity index (χ4n) is 2.07. The van der Waals surface area contributed by atoms with E-state index in [-0.39, 0.29) is 15.7 Å². The van der Waals surface area contributed by atoms with E-state index in [1.54, 1.807) is 30.3 Å². The second-order valence-corrected chi connectivity index (χ2v) is 6.71. The minimum Gasteiger partial charge on any atom is -0.368 e. The van der Waals surface area contributed by atoms with E-state index in [0.717, 1.165) is 0 Å². The Morgan fingerprint density at radius 1 is 1.36 bits per heavy atom. The first-order chi connectivity index (χ1) is 10.2. The zero-order valence-electron chi connectivity index (χ0n) is 11.9. The number of nitrogens with two attached hydrogens (primary N) is 1. The first-order valence-corrected chi connectivity index (χ1v) is 8.16. The van der Waals surface area contributed by atoms with Crippen molar-refractivity contribution in [3.63, 3.8) is 0 Å². The van der Waals surface area contributed by atoms with Gasteiger partial charge in [0.15, 0.2) is 0 Å². The van der Waals surface area contributed by atoms with Crippen LogP contribution in [-0.2, 0) is 21.9 Å². The van der Waals surface area contributed by atoms with Crippen LogP contribution in [0.5, 0.6) is 0 Å². The van der Waals surface area contributed by atoms with Crippen LogP contribution in [0.4, 0.5) is 0 Å². The molecule has 9 heteroatoms. The van der Waals surface area contributed by atoms with Gasteiger partial charge in [-0.25, -0.2) is 8.42 Å². The van der Waals surface area contributed by atoms with Gasteiger partial charge < -0.3 is 5.73 Å². The number of amides is 1. The molecule has 118 valence electrons. The Morgan fingerprint density at radius 2 is 1.95 bits per heavy atom. The topological polar surface area (TPSA) is 107 Å². The molecule has 3 N–H and O–H groups in total. The lowest BCUT2D eigenvalue weighted by atomic mass is 10.1. The van der Waals surface area contributed by atoms with Crippen LogP contribution in [0, 0.1) is 6.92 Å². The summed E-state index contributed by atoms with van der Waals surface area (Å²) in [6, 6.07) is 7.13. The molecule has 0 spiro atoms. The number of aryl methyl sites for hydroxylation is 2. The Labute approximate surface area is 133 Å². The highest BCUT2D eigenvalue weighted by molar-refractivity contribution is 7.89. The Hall–Kier alpha value is -1.90. The molecule has 2 rings (SSSR count). The SMILES string of the molecule is Cc1nn(C)c(Cl)c1S(=O)(=O)N[C@H](C(N)=O)c1ccccc1. The lowest BCUT2D eigenvalue weighted by molar-refractivity contribution is -0.119. The van der Waals surface area contributed by atoms with Crippen molar-refractivity contribution in [2.24, 2.45) is 12.8 Å². The molecule has 7 nitrogen and oxygen atoms in total. The molecule has 0 saturated heterocycles. The number of sulfonamides is 1. The van der Waals surface area contributed by atoms with Crippen LogP contribution in [-0.4, -0.2) is 24.1 Å². The molecular weight excluding hydrogens is 328 g/mol. The minimum absolute atomic E-state index is 0.0405. The number of nitrogens with zero attached hydrogens (tertiary/aromatic N) is 2. The predicted octanol–water partition coefficient (Wildman–Crippen LogP) is 0.887. The molecule has 0 aliphatic heterocycles. The van der Waals surface area contributed by atoms with Crippen LogP contribution < -0.4 is 10.5 Å². The van der Waals surface area contributed by atoms with Gasteiger partial charge in [0.05, 0.1) is 5.69 Å². The van der Waals surface area contributed by atoms with E-state index in [0.29, 0.717) is 5.56 Å². The van der Waals surface area contributed by atoms with Crippen LogP contribution in [0.15, 0.2) is 35.2 Å². The molecule has 0 unspecified atom stereocenters. The summed E-state index contributed by atoms with van der Waals surface area (Å²) in [6.07, 6.45) is 0. The predicted molar refractivity (Wildman–Crippen MR) is 81.7 cm³/mol. The number of hydrogen-bond donors (Lipinski definition) is 2. The molecule has 0 fully saturated rings. The highest BCUT2D eigenvalue weighted by atomic mass is 35.5. The summed E-state index contributed by atoms with van der Waals surface area (Å²) < 4.78 is 28.6. The zero-order valence-corrected chi connectivity index (χ0v) is 13.5. The van der Waals surface area contributed by atoms with Crippen molar-refractivity contribution in [2.75, 3.05) is 0 Å². The highest BCUT2D eigenvalue weighted by Gasteiger charge is 2.30. The smallest absolute Gasteiger partial charge is 0.246 e. The molecule has 0 aliphatic carbocycles. The van der Waals surface area contributed by atoms with E-state index < -0.39 is 22.0 Å². The summed E-state index contributed by atoms with van der Waals surface area (Å²) in [5.41, 5.74) is 5.99. The van der Waals surface area contributed by atoms with E-state index in [9.17, 15) is 13.2 Å². The van der Waals surface area contributed by atoms with Gasteiger partial charge in [-0.05, 0) is 12.5 Å². The second kappa shape index (κ2) is 6.07. The van der Waals surface area contributed by atoms with Crippen molar-refractivity contribution in [2.45, 2.75) is 17.9 Å². The number of halogens is 1. The Kier molecular flexibility index (Phi) is 4.55. The van der Waals surface area contributed by atoms with Gasteiger partial charge in [0.2, 0.25) is 15.9 Å². The summed E-state index contributed by atoms with van der Waals surface area (Å²) in [5.74, 6) is -0.813. The summed E-state index contributed by atoms with van der Waals surface area (Å²) in [4.78, 5) is 11.5. The van der Waals surface area contributed by atoms with Crippen LogP contribution in [0.1, 0.15) is 17.3 Å². The number of rotatable bonds is 5. The molecule has 1 atom stereocenters. The number of nitrogens with one attached hydrogen (secondary N) is 1. The molecule has 22 heavy (non-hydrogen) atoms. The number of aromatic nitrogens is 2. The van der Waals surface area contributed by atoms with Crippen LogP contribution in [0.3, 0.4) is 0 Å². The van der Waals surface area contributed by atoms with E-state index in [1.165, 1.54) is 18.7 Å². The van der Waals surface area contributed by atoms with Crippen molar-refractivity contribution in [3.8, 4) is 0 Å². The lowest BCUT2D eigenvalue weighted by Crippen LogP contribution is -2.37. The van der Waals surface area contributed by atoms with Crippen molar-refractivity contribution in [3.05, 3.63) is 46.7 Å². The van der Waals surface area contributed by atoms with Gasteiger partial charge in [0.1, 0.15) is 16.1 Å². The van der Waals surface area contributed by atoms with Gasteiger partial charge in [-0.1, -0.05) is 41.9 Å². The fraction of sp³-hybridized carbons (Fsp3) is 0.231. The van der Waals surface area contributed by atoms with Crippen molar-refractivity contribution in [1.82, 2.24) is 14.5 Å². The monoisotopic (exact) mass is 342 g/mol. The molecule has 1 amide bonds. The molecule has 1 aromatic heterocycles. The summed E-state index contributed by atoms with van der Waals surface area (Å²) >= 11 is 5.97. The molecule has 1 aromatic carbocycles. The van der Waals surface area contributed by atoms with Crippen LogP contribution >= 0.6 is 11.6 Å². The van der Waals surface area contributed by atoms with Crippen LogP contribution in [0.2, 0.25) is 5.15 Å². The summed E-state index contributed by atoms with van der Waals surface area (Å²) in [7, 11) is -2.53. The van der Waals surface area contributed by atoms with Crippen molar-refractivity contribution in [1.29, 1.82) is 0 Å². The number of carbonyl (C=O) groups excluding carboxylic acids is 1. The number of benzene rings is 1. The molecule has 0 radical (unpaired) electrons.